The Morgan fingerprint density at radius 3 is 2.38 bits per heavy atom. The zero-order valence-corrected chi connectivity index (χ0v) is 21.2. The van der Waals surface area contributed by atoms with Gasteiger partial charge in [-0.15, -0.1) is 0 Å². The number of benzene rings is 2. The van der Waals surface area contributed by atoms with Crippen LogP contribution in [-0.2, 0) is 20.9 Å². The van der Waals surface area contributed by atoms with Crippen LogP contribution in [0.2, 0.25) is 0 Å². The molecule has 7 nitrogen and oxygen atoms in total. The first kappa shape index (κ1) is 26.9. The maximum atomic E-state index is 13.4. The summed E-state index contributed by atoms with van der Waals surface area (Å²) in [5, 5.41) is 2.86. The van der Waals surface area contributed by atoms with Crippen molar-refractivity contribution in [2.45, 2.75) is 47.1 Å². The number of hydrogen-bond acceptors (Lipinski definition) is 5. The number of ether oxygens (including phenoxy) is 1. The normalized spacial score (nSPS) is 10.7. The van der Waals surface area contributed by atoms with Crippen LogP contribution in [0.15, 0.2) is 42.5 Å². The summed E-state index contributed by atoms with van der Waals surface area (Å²) < 4.78 is 4.88. The lowest BCUT2D eigenvalue weighted by Crippen LogP contribution is -2.34. The van der Waals surface area contributed by atoms with Gasteiger partial charge in [0.15, 0.2) is 0 Å². The average Bonchev–Trinajstić information content (AvgIpc) is 2.76. The fourth-order valence-electron chi connectivity index (χ4n) is 3.72. The Kier molecular flexibility index (Phi) is 10.1. The second-order valence-electron chi connectivity index (χ2n) is 9.04. The molecule has 0 fully saturated rings. The molecule has 2 aromatic carbocycles. The van der Waals surface area contributed by atoms with Gasteiger partial charge in [-0.1, -0.05) is 31.5 Å². The van der Waals surface area contributed by atoms with Crippen LogP contribution >= 0.6 is 0 Å². The van der Waals surface area contributed by atoms with E-state index >= 15 is 0 Å². The fraction of sp³-hybridized carbons (Fsp3) is 0.444. The van der Waals surface area contributed by atoms with Crippen LogP contribution in [0.3, 0.4) is 0 Å². The molecule has 0 unspecified atom stereocenters. The Hall–Kier alpha value is -3.35. The summed E-state index contributed by atoms with van der Waals surface area (Å²) in [4.78, 5) is 41.1. The van der Waals surface area contributed by atoms with Gasteiger partial charge in [0.2, 0.25) is 5.91 Å². The first-order chi connectivity index (χ1) is 16.1. The van der Waals surface area contributed by atoms with Crippen LogP contribution < -0.4 is 10.2 Å². The monoisotopic (exact) mass is 467 g/mol. The van der Waals surface area contributed by atoms with E-state index in [4.69, 9.17) is 4.74 Å². The number of aryl methyl sites for hydroxylation is 1. The maximum absolute atomic E-state index is 13.4. The van der Waals surface area contributed by atoms with Gasteiger partial charge in [0.05, 0.1) is 13.0 Å². The van der Waals surface area contributed by atoms with Crippen molar-refractivity contribution in [2.75, 3.05) is 37.5 Å². The van der Waals surface area contributed by atoms with Gasteiger partial charge in [-0.05, 0) is 55.7 Å². The summed E-state index contributed by atoms with van der Waals surface area (Å²) in [5.41, 5.74) is 4.22. The van der Waals surface area contributed by atoms with Crippen molar-refractivity contribution in [1.82, 2.24) is 4.90 Å². The topological polar surface area (TPSA) is 79.0 Å². The van der Waals surface area contributed by atoms with Crippen LogP contribution in [0, 0.1) is 12.8 Å². The molecule has 0 saturated carbocycles. The van der Waals surface area contributed by atoms with Gasteiger partial charge < -0.3 is 19.9 Å². The van der Waals surface area contributed by atoms with Gasteiger partial charge in [0, 0.05) is 50.5 Å². The molecule has 0 aromatic heterocycles. The van der Waals surface area contributed by atoms with Gasteiger partial charge >= 0.3 is 5.97 Å². The summed E-state index contributed by atoms with van der Waals surface area (Å²) in [7, 11) is 3.90. The zero-order chi connectivity index (χ0) is 25.3. The highest BCUT2D eigenvalue weighted by Crippen LogP contribution is 2.26. The number of nitrogens with one attached hydrogen (secondary N) is 1. The summed E-state index contributed by atoms with van der Waals surface area (Å²) in [5.74, 6) is -0.375. The molecule has 0 aliphatic heterocycles. The van der Waals surface area contributed by atoms with Crippen molar-refractivity contribution in [3.63, 3.8) is 0 Å². The summed E-state index contributed by atoms with van der Waals surface area (Å²) in [6.07, 6.45) is 0.0877. The second-order valence-corrected chi connectivity index (χ2v) is 9.04. The molecule has 2 rings (SSSR count). The lowest BCUT2D eigenvalue weighted by Gasteiger charge is -2.28. The molecule has 34 heavy (non-hydrogen) atoms. The molecule has 184 valence electrons. The fourth-order valence-corrected chi connectivity index (χ4v) is 3.72. The minimum absolute atomic E-state index is 0.0222. The van der Waals surface area contributed by atoms with Crippen LogP contribution in [-0.4, -0.2) is 49.9 Å². The highest BCUT2D eigenvalue weighted by molar-refractivity contribution is 5.95. The number of rotatable bonds is 11. The Morgan fingerprint density at radius 2 is 1.76 bits per heavy atom. The molecule has 0 spiro atoms. The standard InChI is InChI=1S/C27H37N3O4/c1-7-34-26(32)14-13-25(31)28-23-11-12-24(29(5)6)22(16-23)18-30(17-19(2)3)27(33)21-10-8-9-20(4)15-21/h8-12,15-16,19H,7,13-14,17-18H2,1-6H3,(H,28,31). The molecule has 7 heteroatoms. The number of anilines is 2. The Morgan fingerprint density at radius 1 is 1.03 bits per heavy atom. The highest BCUT2D eigenvalue weighted by Gasteiger charge is 2.20. The van der Waals surface area contributed by atoms with E-state index in [0.717, 1.165) is 16.8 Å². The van der Waals surface area contributed by atoms with E-state index in [0.29, 0.717) is 36.9 Å². The predicted octanol–water partition coefficient (Wildman–Crippen LogP) is 4.64. The van der Waals surface area contributed by atoms with Crippen LogP contribution in [0.25, 0.3) is 0 Å². The summed E-state index contributed by atoms with van der Waals surface area (Å²) >= 11 is 0. The van der Waals surface area contributed by atoms with Crippen molar-refractivity contribution < 1.29 is 19.1 Å². The molecular formula is C27H37N3O4. The SMILES string of the molecule is CCOC(=O)CCC(=O)Nc1ccc(N(C)C)c(CN(CC(C)C)C(=O)c2cccc(C)c2)c1. The Balaban J connectivity index is 2.26. The van der Waals surface area contributed by atoms with Crippen molar-refractivity contribution >= 4 is 29.2 Å². The smallest absolute Gasteiger partial charge is 0.306 e. The number of carbonyl (C=O) groups is 3. The Bertz CT molecular complexity index is 1000. The molecule has 1 N–H and O–H groups in total. The molecule has 0 aliphatic carbocycles. The van der Waals surface area contributed by atoms with Crippen molar-refractivity contribution in [3.8, 4) is 0 Å². The number of carbonyl (C=O) groups excluding carboxylic acids is 3. The number of esters is 1. The van der Waals surface area contributed by atoms with Crippen LogP contribution in [0.5, 0.6) is 0 Å². The van der Waals surface area contributed by atoms with E-state index in [9.17, 15) is 14.4 Å². The average molecular weight is 468 g/mol. The van der Waals surface area contributed by atoms with E-state index in [1.54, 1.807) is 6.92 Å². The van der Waals surface area contributed by atoms with Crippen molar-refractivity contribution in [3.05, 3.63) is 59.2 Å². The van der Waals surface area contributed by atoms with E-state index in [1.165, 1.54) is 0 Å². The van der Waals surface area contributed by atoms with Gasteiger partial charge in [0.25, 0.3) is 5.91 Å². The number of hydrogen-bond donors (Lipinski definition) is 1. The van der Waals surface area contributed by atoms with Crippen molar-refractivity contribution in [1.29, 1.82) is 0 Å². The van der Waals surface area contributed by atoms with Crippen LogP contribution in [0.1, 0.15) is 55.1 Å². The number of amides is 2. The van der Waals surface area contributed by atoms with Gasteiger partial charge in [-0.25, -0.2) is 0 Å². The molecule has 0 bridgehead atoms. The highest BCUT2D eigenvalue weighted by atomic mass is 16.5. The molecule has 0 radical (unpaired) electrons. The third-order valence-corrected chi connectivity index (χ3v) is 5.21. The third kappa shape index (κ3) is 8.21. The van der Waals surface area contributed by atoms with E-state index in [1.807, 2.05) is 73.3 Å². The lowest BCUT2D eigenvalue weighted by molar-refractivity contribution is -0.144. The van der Waals surface area contributed by atoms with Gasteiger partial charge in [-0.3, -0.25) is 14.4 Å². The number of nitrogens with zero attached hydrogens (tertiary/aromatic N) is 2. The molecule has 0 saturated heterocycles. The quantitative estimate of drug-likeness (QED) is 0.487. The largest absolute Gasteiger partial charge is 0.466 e. The third-order valence-electron chi connectivity index (χ3n) is 5.21. The molecule has 0 atom stereocenters. The minimum atomic E-state index is -0.389. The Labute approximate surface area is 203 Å². The maximum Gasteiger partial charge on any atom is 0.306 e. The molecule has 0 aliphatic rings. The molecular weight excluding hydrogens is 430 g/mol. The lowest BCUT2D eigenvalue weighted by atomic mass is 10.1. The minimum Gasteiger partial charge on any atom is -0.466 e. The van der Waals surface area contributed by atoms with Crippen molar-refractivity contribution in [2.24, 2.45) is 5.92 Å². The van der Waals surface area contributed by atoms with E-state index in [-0.39, 0.29) is 30.6 Å². The zero-order valence-electron chi connectivity index (χ0n) is 21.2. The first-order valence-corrected chi connectivity index (χ1v) is 11.7. The van der Waals surface area contributed by atoms with Gasteiger partial charge in [-0.2, -0.15) is 0 Å². The molecule has 2 amide bonds. The van der Waals surface area contributed by atoms with E-state index in [2.05, 4.69) is 19.2 Å². The van der Waals surface area contributed by atoms with Gasteiger partial charge in [0.1, 0.15) is 0 Å². The molecule has 2 aromatic rings. The first-order valence-electron chi connectivity index (χ1n) is 11.7. The van der Waals surface area contributed by atoms with Crippen LogP contribution in [0.4, 0.5) is 11.4 Å². The second kappa shape index (κ2) is 12.8. The summed E-state index contributed by atoms with van der Waals surface area (Å²) in [6.45, 7) is 9.19. The predicted molar refractivity (Wildman–Crippen MR) is 136 cm³/mol. The van der Waals surface area contributed by atoms with E-state index < -0.39 is 0 Å². The molecule has 0 heterocycles. The summed E-state index contributed by atoms with van der Waals surface area (Å²) in [6, 6.07) is 13.3.